The zero-order valence-corrected chi connectivity index (χ0v) is 18.1. The van der Waals surface area contributed by atoms with E-state index >= 15 is 0 Å². The van der Waals surface area contributed by atoms with Gasteiger partial charge in [0.15, 0.2) is 0 Å². The number of rotatable bonds is 8. The van der Waals surface area contributed by atoms with Gasteiger partial charge in [-0.3, -0.25) is 9.69 Å². The lowest BCUT2D eigenvalue weighted by Gasteiger charge is -2.36. The molecule has 9 heteroatoms. The molecule has 30 heavy (non-hydrogen) atoms. The Labute approximate surface area is 177 Å². The maximum Gasteiger partial charge on any atom is 0.240 e. The molecule has 3 rings (SSSR count). The normalized spacial score (nSPS) is 15.1. The summed E-state index contributed by atoms with van der Waals surface area (Å²) < 4.78 is 32.8. The van der Waals surface area contributed by atoms with Crippen LogP contribution >= 0.6 is 0 Å². The molecule has 0 unspecified atom stereocenters. The van der Waals surface area contributed by atoms with Crippen molar-refractivity contribution >= 4 is 27.3 Å². The third kappa shape index (κ3) is 5.94. The van der Waals surface area contributed by atoms with Gasteiger partial charge in [0.05, 0.1) is 12.0 Å². The third-order valence-corrected chi connectivity index (χ3v) is 6.49. The van der Waals surface area contributed by atoms with Gasteiger partial charge in [0.1, 0.15) is 5.75 Å². The third-order valence-electron chi connectivity index (χ3n) is 5.01. The van der Waals surface area contributed by atoms with Gasteiger partial charge in [0, 0.05) is 57.6 Å². The lowest BCUT2D eigenvalue weighted by Crippen LogP contribution is -2.48. The zero-order chi connectivity index (χ0) is 21.6. The summed E-state index contributed by atoms with van der Waals surface area (Å²) in [6.07, 6.45) is 0. The minimum Gasteiger partial charge on any atom is -0.497 e. The van der Waals surface area contributed by atoms with Crippen LogP contribution in [0.5, 0.6) is 5.75 Å². The first-order chi connectivity index (χ1) is 14.4. The molecule has 1 amide bonds. The van der Waals surface area contributed by atoms with Crippen molar-refractivity contribution in [3.63, 3.8) is 0 Å². The van der Waals surface area contributed by atoms with Crippen LogP contribution in [0.4, 0.5) is 11.4 Å². The number of anilines is 2. The van der Waals surface area contributed by atoms with Crippen LogP contribution in [0, 0.1) is 0 Å². The topological polar surface area (TPSA) is 91.0 Å². The Kier molecular flexibility index (Phi) is 7.30. The minimum absolute atomic E-state index is 0.181. The number of hydrogen-bond acceptors (Lipinski definition) is 6. The molecule has 1 aliphatic rings. The first-order valence-corrected chi connectivity index (χ1v) is 11.3. The van der Waals surface area contributed by atoms with E-state index in [9.17, 15) is 13.2 Å². The second-order valence-corrected chi connectivity index (χ2v) is 8.90. The summed E-state index contributed by atoms with van der Waals surface area (Å²) in [5.74, 6) is 0.644. The summed E-state index contributed by atoms with van der Waals surface area (Å²) in [4.78, 5) is 15.8. The number of methoxy groups -OCH3 is 1. The number of piperazine rings is 1. The van der Waals surface area contributed by atoms with Crippen molar-refractivity contribution in [1.29, 1.82) is 0 Å². The molecule has 0 aromatic heterocycles. The van der Waals surface area contributed by atoms with E-state index in [0.717, 1.165) is 31.9 Å². The molecule has 1 heterocycles. The summed E-state index contributed by atoms with van der Waals surface area (Å²) in [5.41, 5.74) is 1.73. The van der Waals surface area contributed by atoms with Crippen molar-refractivity contribution in [2.24, 2.45) is 0 Å². The predicted octanol–water partition coefficient (Wildman–Crippen LogP) is 1.75. The van der Waals surface area contributed by atoms with Gasteiger partial charge in [-0.15, -0.1) is 0 Å². The molecule has 1 aliphatic heterocycles. The van der Waals surface area contributed by atoms with Crippen molar-refractivity contribution in [3.8, 4) is 5.75 Å². The molecule has 8 nitrogen and oxygen atoms in total. The van der Waals surface area contributed by atoms with E-state index in [1.807, 2.05) is 12.1 Å². The Bertz CT molecular complexity index is 938. The monoisotopic (exact) mass is 432 g/mol. The summed E-state index contributed by atoms with van der Waals surface area (Å²) in [5, 5.41) is 2.62. The lowest BCUT2D eigenvalue weighted by molar-refractivity contribution is -0.114. The van der Waals surface area contributed by atoms with Crippen LogP contribution in [0.2, 0.25) is 0 Å². The van der Waals surface area contributed by atoms with Crippen molar-refractivity contribution in [2.45, 2.75) is 11.8 Å². The zero-order valence-electron chi connectivity index (χ0n) is 17.3. The van der Waals surface area contributed by atoms with E-state index in [1.165, 1.54) is 24.7 Å². The molecule has 2 N–H and O–H groups in total. The second kappa shape index (κ2) is 9.92. The predicted molar refractivity (Wildman–Crippen MR) is 118 cm³/mol. The number of amides is 1. The van der Waals surface area contributed by atoms with E-state index in [4.69, 9.17) is 4.74 Å². The number of nitrogens with one attached hydrogen (secondary N) is 2. The Morgan fingerprint density at radius 3 is 2.20 bits per heavy atom. The lowest BCUT2D eigenvalue weighted by atomic mass is 10.2. The maximum atomic E-state index is 12.5. The van der Waals surface area contributed by atoms with E-state index in [1.54, 1.807) is 19.2 Å². The van der Waals surface area contributed by atoms with E-state index in [2.05, 4.69) is 32.0 Å². The number of carbonyl (C=O) groups excluding carboxylic acids is 1. The van der Waals surface area contributed by atoms with E-state index in [-0.39, 0.29) is 10.8 Å². The molecule has 1 saturated heterocycles. The smallest absolute Gasteiger partial charge is 0.240 e. The Hall–Kier alpha value is -2.62. The molecule has 0 aliphatic carbocycles. The van der Waals surface area contributed by atoms with Crippen LogP contribution in [0.3, 0.4) is 0 Å². The molecule has 1 fully saturated rings. The highest BCUT2D eigenvalue weighted by atomic mass is 32.2. The van der Waals surface area contributed by atoms with Crippen LogP contribution in [0.1, 0.15) is 6.92 Å². The number of carbonyl (C=O) groups is 1. The largest absolute Gasteiger partial charge is 0.497 e. The average Bonchev–Trinajstić information content (AvgIpc) is 2.74. The van der Waals surface area contributed by atoms with Crippen LogP contribution in [-0.4, -0.2) is 65.6 Å². The first kappa shape index (κ1) is 22.1. The number of ether oxygens (including phenoxy) is 1. The van der Waals surface area contributed by atoms with Crippen LogP contribution in [-0.2, 0) is 14.8 Å². The molecular weight excluding hydrogens is 404 g/mol. The molecule has 162 valence electrons. The molecule has 0 radical (unpaired) electrons. The van der Waals surface area contributed by atoms with E-state index in [0.29, 0.717) is 18.8 Å². The molecule has 2 aromatic rings. The molecule has 0 saturated carbocycles. The highest BCUT2D eigenvalue weighted by Crippen LogP contribution is 2.20. The standard InChI is InChI=1S/C21H28N4O4S/c1-17(26)23-18-3-9-21(10-4-18)30(27,28)22-11-12-24-13-15-25(16-14-24)19-5-7-20(29-2)8-6-19/h3-10,22H,11-16H2,1-2H3,(H,23,26). The van der Waals surface area contributed by atoms with Gasteiger partial charge < -0.3 is 15.0 Å². The van der Waals surface area contributed by atoms with Gasteiger partial charge in [-0.1, -0.05) is 0 Å². The van der Waals surface area contributed by atoms with Crippen molar-refractivity contribution in [1.82, 2.24) is 9.62 Å². The average molecular weight is 433 g/mol. The molecule has 0 spiro atoms. The van der Waals surface area contributed by atoms with Crippen molar-refractivity contribution in [2.75, 3.05) is 56.6 Å². The van der Waals surface area contributed by atoms with Gasteiger partial charge in [-0.2, -0.15) is 0 Å². The van der Waals surface area contributed by atoms with E-state index < -0.39 is 10.0 Å². The first-order valence-electron chi connectivity index (χ1n) is 9.86. The summed E-state index contributed by atoms with van der Waals surface area (Å²) >= 11 is 0. The van der Waals surface area contributed by atoms with Gasteiger partial charge in [0.2, 0.25) is 15.9 Å². The number of nitrogens with zero attached hydrogens (tertiary/aromatic N) is 2. The van der Waals surface area contributed by atoms with Crippen molar-refractivity contribution < 1.29 is 17.9 Å². The fourth-order valence-corrected chi connectivity index (χ4v) is 4.39. The molecule has 0 atom stereocenters. The Morgan fingerprint density at radius 2 is 1.63 bits per heavy atom. The molecule has 0 bridgehead atoms. The SMILES string of the molecule is COc1ccc(N2CCN(CCNS(=O)(=O)c3ccc(NC(C)=O)cc3)CC2)cc1. The quantitative estimate of drug-likeness (QED) is 0.661. The van der Waals surface area contributed by atoms with Gasteiger partial charge in [0.25, 0.3) is 0 Å². The van der Waals surface area contributed by atoms with Crippen LogP contribution in [0.25, 0.3) is 0 Å². The van der Waals surface area contributed by atoms with Gasteiger partial charge in [-0.05, 0) is 48.5 Å². The summed E-state index contributed by atoms with van der Waals surface area (Å²) in [6, 6.07) is 14.2. The fraction of sp³-hybridized carbons (Fsp3) is 0.381. The number of sulfonamides is 1. The van der Waals surface area contributed by atoms with Crippen molar-refractivity contribution in [3.05, 3.63) is 48.5 Å². The number of hydrogen-bond donors (Lipinski definition) is 2. The molecular formula is C21H28N4O4S. The Balaban J connectivity index is 1.44. The van der Waals surface area contributed by atoms with Crippen LogP contribution in [0.15, 0.2) is 53.4 Å². The minimum atomic E-state index is -3.58. The highest BCUT2D eigenvalue weighted by Gasteiger charge is 2.19. The second-order valence-electron chi connectivity index (χ2n) is 7.13. The van der Waals surface area contributed by atoms with Gasteiger partial charge in [-0.25, -0.2) is 13.1 Å². The maximum absolute atomic E-state index is 12.5. The summed E-state index contributed by atoms with van der Waals surface area (Å²) in [6.45, 7) is 5.94. The Morgan fingerprint density at radius 1 is 1.00 bits per heavy atom. The van der Waals surface area contributed by atoms with Gasteiger partial charge >= 0.3 is 0 Å². The fourth-order valence-electron chi connectivity index (χ4n) is 3.36. The molecule has 2 aromatic carbocycles. The highest BCUT2D eigenvalue weighted by molar-refractivity contribution is 7.89. The van der Waals surface area contributed by atoms with Crippen LogP contribution < -0.4 is 19.7 Å². The number of benzene rings is 2. The summed E-state index contributed by atoms with van der Waals surface area (Å²) in [7, 11) is -1.92.